The van der Waals surface area contributed by atoms with Gasteiger partial charge in [-0.25, -0.2) is 13.4 Å². The molecule has 0 atom stereocenters. The van der Waals surface area contributed by atoms with E-state index in [2.05, 4.69) is 4.98 Å². The number of sulfonamides is 1. The molecular formula is C17H20F3N3O2S. The van der Waals surface area contributed by atoms with Crippen molar-refractivity contribution < 1.29 is 21.6 Å². The van der Waals surface area contributed by atoms with Crippen molar-refractivity contribution in [1.29, 1.82) is 0 Å². The van der Waals surface area contributed by atoms with Crippen molar-refractivity contribution in [3.8, 4) is 0 Å². The Labute approximate surface area is 150 Å². The van der Waals surface area contributed by atoms with E-state index in [0.29, 0.717) is 37.9 Å². The fourth-order valence-corrected chi connectivity index (χ4v) is 4.71. The van der Waals surface area contributed by atoms with E-state index in [1.54, 1.807) is 6.20 Å². The quantitative estimate of drug-likeness (QED) is 0.809. The van der Waals surface area contributed by atoms with Crippen LogP contribution in [0.2, 0.25) is 0 Å². The van der Waals surface area contributed by atoms with Gasteiger partial charge in [0.1, 0.15) is 5.82 Å². The van der Waals surface area contributed by atoms with Crippen LogP contribution in [0.3, 0.4) is 0 Å². The van der Waals surface area contributed by atoms with Gasteiger partial charge >= 0.3 is 6.18 Å². The number of alkyl halides is 3. The highest BCUT2D eigenvalue weighted by molar-refractivity contribution is 7.89. The number of hydrogen-bond donors (Lipinski definition) is 0. The first-order valence-corrected chi connectivity index (χ1v) is 9.77. The zero-order valence-electron chi connectivity index (χ0n) is 14.3. The van der Waals surface area contributed by atoms with Crippen LogP contribution in [-0.2, 0) is 22.7 Å². The smallest absolute Gasteiger partial charge is 0.335 e. The average Bonchev–Trinajstić information content (AvgIpc) is 3.00. The van der Waals surface area contributed by atoms with Gasteiger partial charge in [-0.05, 0) is 43.9 Å². The summed E-state index contributed by atoms with van der Waals surface area (Å²) >= 11 is 0. The number of imidazole rings is 1. The summed E-state index contributed by atoms with van der Waals surface area (Å²) in [6.07, 6.45) is 0.371. The molecule has 1 aliphatic rings. The van der Waals surface area contributed by atoms with E-state index < -0.39 is 21.8 Å². The van der Waals surface area contributed by atoms with E-state index in [1.807, 2.05) is 17.7 Å². The first kappa shape index (κ1) is 18.9. The Balaban J connectivity index is 1.69. The number of aromatic nitrogens is 2. The lowest BCUT2D eigenvalue weighted by molar-refractivity contribution is -0.137. The van der Waals surface area contributed by atoms with Crippen molar-refractivity contribution in [2.75, 3.05) is 13.1 Å². The summed E-state index contributed by atoms with van der Waals surface area (Å²) in [7, 11) is -3.92. The molecule has 1 aromatic heterocycles. The Kier molecular flexibility index (Phi) is 5.12. The number of benzene rings is 1. The summed E-state index contributed by atoms with van der Waals surface area (Å²) in [6, 6.07) is 3.92. The molecule has 1 aliphatic heterocycles. The number of hydrogen-bond acceptors (Lipinski definition) is 3. The zero-order chi connectivity index (χ0) is 18.9. The fraction of sp³-hybridized carbons (Fsp3) is 0.471. The normalized spacial score (nSPS) is 17.5. The average molecular weight is 387 g/mol. The van der Waals surface area contributed by atoms with Gasteiger partial charge in [-0.1, -0.05) is 6.07 Å². The first-order valence-electron chi connectivity index (χ1n) is 8.33. The third kappa shape index (κ3) is 3.93. The van der Waals surface area contributed by atoms with E-state index in [9.17, 15) is 21.6 Å². The molecule has 0 bridgehead atoms. The van der Waals surface area contributed by atoms with Crippen LogP contribution in [0.25, 0.3) is 0 Å². The Morgan fingerprint density at radius 2 is 1.92 bits per heavy atom. The van der Waals surface area contributed by atoms with Crippen LogP contribution >= 0.6 is 0 Å². The molecule has 9 heteroatoms. The van der Waals surface area contributed by atoms with E-state index in [1.165, 1.54) is 10.4 Å². The molecule has 5 nitrogen and oxygen atoms in total. The fourth-order valence-electron chi connectivity index (χ4n) is 3.19. The van der Waals surface area contributed by atoms with Crippen LogP contribution in [0.1, 0.15) is 24.2 Å². The molecule has 0 aliphatic carbocycles. The number of aryl methyl sites for hydroxylation is 1. The van der Waals surface area contributed by atoms with Crippen molar-refractivity contribution in [3.63, 3.8) is 0 Å². The summed E-state index contributed by atoms with van der Waals surface area (Å²) in [5.41, 5.74) is -0.955. The summed E-state index contributed by atoms with van der Waals surface area (Å²) in [5.74, 6) is 1.22. The van der Waals surface area contributed by atoms with Gasteiger partial charge in [0.15, 0.2) is 0 Å². The highest BCUT2D eigenvalue weighted by Gasteiger charge is 2.34. The second-order valence-electron chi connectivity index (χ2n) is 6.50. The van der Waals surface area contributed by atoms with Crippen LogP contribution in [-0.4, -0.2) is 35.4 Å². The summed E-state index contributed by atoms with van der Waals surface area (Å²) in [4.78, 5) is 3.86. The van der Waals surface area contributed by atoms with Crippen molar-refractivity contribution in [3.05, 3.63) is 48.0 Å². The highest BCUT2D eigenvalue weighted by atomic mass is 32.2. The monoisotopic (exact) mass is 387 g/mol. The lowest BCUT2D eigenvalue weighted by Gasteiger charge is -2.31. The summed E-state index contributed by atoms with van der Waals surface area (Å²) < 4.78 is 67.2. The van der Waals surface area contributed by atoms with E-state index >= 15 is 0 Å². The van der Waals surface area contributed by atoms with E-state index in [4.69, 9.17) is 0 Å². The number of halogens is 3. The molecule has 0 unspecified atom stereocenters. The Bertz CT molecular complexity index is 869. The van der Waals surface area contributed by atoms with Gasteiger partial charge in [-0.3, -0.25) is 0 Å². The van der Waals surface area contributed by atoms with Crippen LogP contribution in [0.15, 0.2) is 41.6 Å². The Morgan fingerprint density at radius 1 is 1.23 bits per heavy atom. The highest BCUT2D eigenvalue weighted by Crippen LogP contribution is 2.32. The molecule has 2 heterocycles. The summed E-state index contributed by atoms with van der Waals surface area (Å²) in [6.45, 7) is 3.28. The van der Waals surface area contributed by atoms with Gasteiger partial charge in [0.2, 0.25) is 10.0 Å². The number of rotatable bonds is 4. The molecule has 0 saturated carbocycles. The van der Waals surface area contributed by atoms with Gasteiger partial charge in [-0.15, -0.1) is 0 Å². The second kappa shape index (κ2) is 7.03. The molecule has 1 saturated heterocycles. The minimum absolute atomic E-state index is 0.303. The molecule has 3 rings (SSSR count). The predicted octanol–water partition coefficient (Wildman–Crippen LogP) is 3.31. The molecule has 1 aromatic carbocycles. The molecule has 142 valence electrons. The third-order valence-electron chi connectivity index (χ3n) is 4.75. The lowest BCUT2D eigenvalue weighted by Crippen LogP contribution is -2.39. The number of piperidine rings is 1. The Morgan fingerprint density at radius 3 is 2.50 bits per heavy atom. The first-order chi connectivity index (χ1) is 12.2. The van der Waals surface area contributed by atoms with Gasteiger partial charge in [-0.2, -0.15) is 17.5 Å². The van der Waals surface area contributed by atoms with Gasteiger partial charge in [0.25, 0.3) is 0 Å². The molecule has 2 aromatic rings. The largest absolute Gasteiger partial charge is 0.416 e. The standard InChI is InChI=1S/C17H20F3N3O2S/c1-13-21-7-10-22(13)12-14-5-8-23(9-6-14)26(24,25)16-4-2-3-15(11-16)17(18,19)20/h2-4,7,10-11,14H,5-6,8-9,12H2,1H3. The Hall–Kier alpha value is -1.87. The van der Waals surface area contributed by atoms with Gasteiger partial charge in [0, 0.05) is 32.0 Å². The topological polar surface area (TPSA) is 55.2 Å². The number of nitrogens with zero attached hydrogens (tertiary/aromatic N) is 3. The third-order valence-corrected chi connectivity index (χ3v) is 6.65. The zero-order valence-corrected chi connectivity index (χ0v) is 15.1. The van der Waals surface area contributed by atoms with Crippen molar-refractivity contribution in [1.82, 2.24) is 13.9 Å². The van der Waals surface area contributed by atoms with Crippen LogP contribution in [0.5, 0.6) is 0 Å². The van der Waals surface area contributed by atoms with Gasteiger partial charge < -0.3 is 4.57 Å². The summed E-state index contributed by atoms with van der Waals surface area (Å²) in [5, 5.41) is 0. The maximum Gasteiger partial charge on any atom is 0.416 e. The van der Waals surface area contributed by atoms with Gasteiger partial charge in [0.05, 0.1) is 10.5 Å². The molecular weight excluding hydrogens is 367 g/mol. The maximum absolute atomic E-state index is 12.8. The molecule has 26 heavy (non-hydrogen) atoms. The molecule has 0 radical (unpaired) electrons. The minimum atomic E-state index is -4.57. The van der Waals surface area contributed by atoms with Crippen molar-refractivity contribution in [2.24, 2.45) is 5.92 Å². The maximum atomic E-state index is 12.8. The van der Waals surface area contributed by atoms with E-state index in [-0.39, 0.29) is 4.90 Å². The SMILES string of the molecule is Cc1nccn1CC1CCN(S(=O)(=O)c2cccc(C(F)(F)F)c2)CC1. The van der Waals surface area contributed by atoms with E-state index in [0.717, 1.165) is 24.5 Å². The van der Waals surface area contributed by atoms with Crippen LogP contribution in [0, 0.1) is 12.8 Å². The minimum Gasteiger partial charge on any atom is -0.335 e. The van der Waals surface area contributed by atoms with Crippen molar-refractivity contribution >= 4 is 10.0 Å². The molecule has 0 spiro atoms. The molecule has 0 N–H and O–H groups in total. The van der Waals surface area contributed by atoms with Crippen molar-refractivity contribution in [2.45, 2.75) is 37.4 Å². The molecule has 0 amide bonds. The van der Waals surface area contributed by atoms with Crippen LogP contribution < -0.4 is 0 Å². The second-order valence-corrected chi connectivity index (χ2v) is 8.44. The predicted molar refractivity (Wildman–Crippen MR) is 89.9 cm³/mol. The lowest BCUT2D eigenvalue weighted by atomic mass is 9.98. The molecule has 1 fully saturated rings. The van der Waals surface area contributed by atoms with Crippen LogP contribution in [0.4, 0.5) is 13.2 Å².